The SMILES string of the molecule is NNc1ccnc(COCC2CCCCC2)c1. The highest BCUT2D eigenvalue weighted by molar-refractivity contribution is 5.41. The second kappa shape index (κ2) is 6.57. The number of nitrogens with one attached hydrogen (secondary N) is 1. The summed E-state index contributed by atoms with van der Waals surface area (Å²) in [6, 6.07) is 3.76. The Balaban J connectivity index is 1.73. The van der Waals surface area contributed by atoms with E-state index in [1.165, 1.54) is 32.1 Å². The van der Waals surface area contributed by atoms with E-state index in [0.29, 0.717) is 6.61 Å². The Hall–Kier alpha value is -1.13. The molecule has 1 aromatic heterocycles. The molecule has 94 valence electrons. The van der Waals surface area contributed by atoms with Gasteiger partial charge in [0.05, 0.1) is 18.0 Å². The molecule has 1 aliphatic rings. The first-order valence-corrected chi connectivity index (χ1v) is 6.38. The van der Waals surface area contributed by atoms with Gasteiger partial charge in [-0.1, -0.05) is 19.3 Å². The van der Waals surface area contributed by atoms with Crippen molar-refractivity contribution in [3.63, 3.8) is 0 Å². The molecule has 4 heteroatoms. The molecule has 3 N–H and O–H groups in total. The van der Waals surface area contributed by atoms with E-state index in [1.54, 1.807) is 6.20 Å². The van der Waals surface area contributed by atoms with Crippen molar-refractivity contribution in [1.82, 2.24) is 4.98 Å². The van der Waals surface area contributed by atoms with Crippen molar-refractivity contribution >= 4 is 5.69 Å². The summed E-state index contributed by atoms with van der Waals surface area (Å²) in [5, 5.41) is 0. The van der Waals surface area contributed by atoms with E-state index < -0.39 is 0 Å². The lowest BCUT2D eigenvalue weighted by Gasteiger charge is -2.21. The average molecular weight is 235 g/mol. The van der Waals surface area contributed by atoms with Crippen LogP contribution in [0.4, 0.5) is 5.69 Å². The zero-order valence-corrected chi connectivity index (χ0v) is 10.2. The third-order valence-corrected chi connectivity index (χ3v) is 3.31. The number of pyridine rings is 1. The smallest absolute Gasteiger partial charge is 0.0888 e. The van der Waals surface area contributed by atoms with E-state index in [1.807, 2.05) is 12.1 Å². The number of ether oxygens (including phenoxy) is 1. The quantitative estimate of drug-likeness (QED) is 0.608. The Labute approximate surface area is 103 Å². The molecule has 0 spiro atoms. The second-order valence-corrected chi connectivity index (χ2v) is 4.70. The summed E-state index contributed by atoms with van der Waals surface area (Å²) in [5.41, 5.74) is 4.41. The number of aromatic nitrogens is 1. The number of anilines is 1. The number of nitrogens with zero attached hydrogens (tertiary/aromatic N) is 1. The minimum absolute atomic E-state index is 0.575. The molecule has 1 heterocycles. The molecule has 17 heavy (non-hydrogen) atoms. The predicted octanol–water partition coefficient (Wildman–Crippen LogP) is 2.46. The molecule has 2 rings (SSSR count). The molecule has 0 amide bonds. The van der Waals surface area contributed by atoms with Crippen LogP contribution < -0.4 is 11.3 Å². The summed E-state index contributed by atoms with van der Waals surface area (Å²) in [7, 11) is 0. The summed E-state index contributed by atoms with van der Waals surface area (Å²) in [6.45, 7) is 1.44. The molecular weight excluding hydrogens is 214 g/mol. The number of hydrogen-bond acceptors (Lipinski definition) is 4. The maximum Gasteiger partial charge on any atom is 0.0888 e. The molecule has 0 aliphatic heterocycles. The molecule has 0 bridgehead atoms. The monoisotopic (exact) mass is 235 g/mol. The minimum atomic E-state index is 0.575. The van der Waals surface area contributed by atoms with Gasteiger partial charge < -0.3 is 10.2 Å². The van der Waals surface area contributed by atoms with Crippen molar-refractivity contribution in [2.24, 2.45) is 11.8 Å². The van der Waals surface area contributed by atoms with Crippen LogP contribution in [0.25, 0.3) is 0 Å². The highest BCUT2D eigenvalue weighted by atomic mass is 16.5. The van der Waals surface area contributed by atoms with Crippen molar-refractivity contribution in [1.29, 1.82) is 0 Å². The topological polar surface area (TPSA) is 60.2 Å². The van der Waals surface area contributed by atoms with E-state index in [2.05, 4.69) is 10.4 Å². The number of hydrogen-bond donors (Lipinski definition) is 2. The molecule has 1 aromatic rings. The van der Waals surface area contributed by atoms with Crippen molar-refractivity contribution in [3.05, 3.63) is 24.0 Å². The summed E-state index contributed by atoms with van der Waals surface area (Å²) < 4.78 is 5.73. The van der Waals surface area contributed by atoms with Crippen LogP contribution in [-0.4, -0.2) is 11.6 Å². The van der Waals surface area contributed by atoms with E-state index in [9.17, 15) is 0 Å². The van der Waals surface area contributed by atoms with E-state index in [4.69, 9.17) is 10.6 Å². The van der Waals surface area contributed by atoms with Gasteiger partial charge in [-0.25, -0.2) is 0 Å². The normalized spacial score (nSPS) is 17.0. The van der Waals surface area contributed by atoms with Crippen LogP contribution >= 0.6 is 0 Å². The van der Waals surface area contributed by atoms with Gasteiger partial charge in [0, 0.05) is 12.8 Å². The van der Waals surface area contributed by atoms with Crippen molar-refractivity contribution in [2.45, 2.75) is 38.7 Å². The highest BCUT2D eigenvalue weighted by Crippen LogP contribution is 2.23. The maximum atomic E-state index is 5.73. The van der Waals surface area contributed by atoms with Crippen molar-refractivity contribution < 1.29 is 4.74 Å². The first kappa shape index (κ1) is 12.3. The molecule has 0 saturated heterocycles. The van der Waals surface area contributed by atoms with Gasteiger partial charge in [0.25, 0.3) is 0 Å². The fraction of sp³-hybridized carbons (Fsp3) is 0.615. The lowest BCUT2D eigenvalue weighted by Crippen LogP contribution is -2.13. The maximum absolute atomic E-state index is 5.73. The number of nitrogen functional groups attached to an aromatic ring is 1. The Bertz CT molecular complexity index is 337. The van der Waals surface area contributed by atoms with Gasteiger partial charge in [-0.05, 0) is 30.9 Å². The Kier molecular flexibility index (Phi) is 4.76. The van der Waals surface area contributed by atoms with Crippen LogP contribution in [-0.2, 0) is 11.3 Å². The van der Waals surface area contributed by atoms with Crippen molar-refractivity contribution in [2.75, 3.05) is 12.0 Å². The first-order valence-electron chi connectivity index (χ1n) is 6.38. The van der Waals surface area contributed by atoms with Gasteiger partial charge in [0.1, 0.15) is 0 Å². The van der Waals surface area contributed by atoms with Crippen LogP contribution in [0.1, 0.15) is 37.8 Å². The fourth-order valence-corrected chi connectivity index (χ4v) is 2.33. The third kappa shape index (κ3) is 3.98. The van der Waals surface area contributed by atoms with Gasteiger partial charge >= 0.3 is 0 Å². The third-order valence-electron chi connectivity index (χ3n) is 3.31. The lowest BCUT2D eigenvalue weighted by molar-refractivity contribution is 0.0721. The molecule has 1 aliphatic carbocycles. The van der Waals surface area contributed by atoms with Gasteiger partial charge in [0.15, 0.2) is 0 Å². The summed E-state index contributed by atoms with van der Waals surface area (Å²) >= 11 is 0. The largest absolute Gasteiger partial charge is 0.375 e. The average Bonchev–Trinajstić information content (AvgIpc) is 2.40. The number of nitrogens with two attached hydrogens (primary N) is 1. The summed E-state index contributed by atoms with van der Waals surface area (Å²) in [6.07, 6.45) is 8.49. The Morgan fingerprint density at radius 3 is 2.94 bits per heavy atom. The van der Waals surface area contributed by atoms with Crippen LogP contribution in [0.3, 0.4) is 0 Å². The summed E-state index contributed by atoms with van der Waals surface area (Å²) in [4.78, 5) is 4.25. The second-order valence-electron chi connectivity index (χ2n) is 4.70. The first-order chi connectivity index (χ1) is 8.38. The van der Waals surface area contributed by atoms with Crippen LogP contribution in [0.2, 0.25) is 0 Å². The van der Waals surface area contributed by atoms with Gasteiger partial charge in [-0.2, -0.15) is 0 Å². The predicted molar refractivity (Wildman–Crippen MR) is 68.3 cm³/mol. The molecular formula is C13H21N3O. The molecule has 0 aromatic carbocycles. The molecule has 4 nitrogen and oxygen atoms in total. The molecule has 0 unspecified atom stereocenters. The van der Waals surface area contributed by atoms with Crippen LogP contribution in [0.15, 0.2) is 18.3 Å². The number of rotatable bonds is 5. The van der Waals surface area contributed by atoms with E-state index >= 15 is 0 Å². The fourth-order valence-electron chi connectivity index (χ4n) is 2.33. The Morgan fingerprint density at radius 2 is 2.18 bits per heavy atom. The van der Waals surface area contributed by atoms with Crippen molar-refractivity contribution in [3.8, 4) is 0 Å². The standard InChI is InChI=1S/C13H21N3O/c14-16-12-6-7-15-13(8-12)10-17-9-11-4-2-1-3-5-11/h6-8,11H,1-5,9-10,14H2,(H,15,16). The van der Waals surface area contributed by atoms with Gasteiger partial charge in [-0.15, -0.1) is 0 Å². The minimum Gasteiger partial charge on any atom is -0.375 e. The van der Waals surface area contributed by atoms with E-state index in [0.717, 1.165) is 23.9 Å². The molecule has 1 saturated carbocycles. The summed E-state index contributed by atoms with van der Waals surface area (Å²) in [5.74, 6) is 6.10. The zero-order chi connectivity index (χ0) is 11.9. The van der Waals surface area contributed by atoms with Crippen LogP contribution in [0.5, 0.6) is 0 Å². The Morgan fingerprint density at radius 1 is 1.35 bits per heavy atom. The van der Waals surface area contributed by atoms with E-state index in [-0.39, 0.29) is 0 Å². The van der Waals surface area contributed by atoms with Gasteiger partial charge in [-0.3, -0.25) is 10.8 Å². The number of hydrazine groups is 1. The molecule has 0 radical (unpaired) electrons. The molecule has 1 fully saturated rings. The molecule has 0 atom stereocenters. The zero-order valence-electron chi connectivity index (χ0n) is 10.2. The van der Waals surface area contributed by atoms with Gasteiger partial charge in [0.2, 0.25) is 0 Å². The highest BCUT2D eigenvalue weighted by Gasteiger charge is 2.13. The lowest BCUT2D eigenvalue weighted by atomic mass is 9.90. The van der Waals surface area contributed by atoms with Crippen LogP contribution in [0, 0.1) is 5.92 Å².